The molecule has 0 atom stereocenters. The van der Waals surface area contributed by atoms with Crippen molar-refractivity contribution < 1.29 is 589 Å². The van der Waals surface area contributed by atoms with Crippen LogP contribution in [0.4, 0.5) is 60.1 Å². The van der Waals surface area contributed by atoms with Crippen LogP contribution in [-0.4, -0.2) is 135 Å². The van der Waals surface area contributed by atoms with Crippen LogP contribution in [0.1, 0.15) is 136 Å². The molecule has 7 N–H and O–H groups in total. The predicted octanol–water partition coefficient (Wildman–Crippen LogP) is -25.6. The fourth-order valence-corrected chi connectivity index (χ4v) is 14.6. The zero-order valence-electron chi connectivity index (χ0n) is 74.4. The van der Waals surface area contributed by atoms with Crippen LogP contribution >= 0.6 is 0 Å². The maximum Gasteiger partial charge on any atom is 1.00 e. The minimum atomic E-state index is -4.88. The van der Waals surface area contributed by atoms with Crippen molar-refractivity contribution in [2.75, 3.05) is 9.44 Å². The fraction of sp³-hybridized carbons (Fsp3) is 0.105. The van der Waals surface area contributed by atoms with E-state index in [2.05, 4.69) is 80.4 Å². The summed E-state index contributed by atoms with van der Waals surface area (Å²) in [5, 5.41) is 135. The van der Waals surface area contributed by atoms with E-state index in [1.54, 1.807) is 0 Å². The van der Waals surface area contributed by atoms with Crippen LogP contribution in [0.5, 0.6) is 0 Å². The van der Waals surface area contributed by atoms with Gasteiger partial charge < -0.3 is 88.6 Å². The average Bonchev–Trinajstić information content (AvgIpc) is 1.61. The molecule has 13 rings (SSSR count). The van der Waals surface area contributed by atoms with Gasteiger partial charge in [-0.05, 0) is 174 Å². The minimum Gasteiger partial charge on any atom is -0.744 e. The second-order valence-corrected chi connectivity index (χ2v) is 34.9. The summed E-state index contributed by atoms with van der Waals surface area (Å²) >= 11 is 0. The second-order valence-electron chi connectivity index (χ2n) is 28.6. The summed E-state index contributed by atoms with van der Waals surface area (Å²) in [5.74, 6) is -16.4. The van der Waals surface area contributed by atoms with Crippen LogP contribution in [0, 0.1) is 18.2 Å². The number of azo groups is 3. The molecule has 658 valence electrons. The average molecular weight is 2180 g/mol. The van der Waals surface area contributed by atoms with Crippen molar-refractivity contribution >= 4 is 151 Å². The van der Waals surface area contributed by atoms with Gasteiger partial charge in [0, 0.05) is 55.6 Å². The maximum atomic E-state index is 14.6. The van der Waals surface area contributed by atoms with Gasteiger partial charge in [0.15, 0.2) is 40.3 Å². The van der Waals surface area contributed by atoms with Crippen molar-refractivity contribution in [1.29, 1.82) is 0 Å². The van der Waals surface area contributed by atoms with Gasteiger partial charge in [0.05, 0.1) is 90.1 Å². The number of fused-ring (bicyclic) bond motifs is 2. The number of aromatic carboxylic acids is 8. The van der Waals surface area contributed by atoms with Gasteiger partial charge in [-0.3, -0.25) is 24.4 Å². The molecule has 0 amide bonds. The van der Waals surface area contributed by atoms with Gasteiger partial charge >= 0.3 is 468 Å². The number of primary sulfonamides is 1. The van der Waals surface area contributed by atoms with Crippen molar-refractivity contribution in [3.05, 3.63) is 247 Å². The largest absolute Gasteiger partial charge is 1.00 e. The molecule has 8 aromatic carbocycles. The third kappa shape index (κ3) is 33.5. The number of carbonyl (C=O) groups excluding carboxylic acids is 8. The molecule has 46 nitrogen and oxygen atoms in total. The first-order valence-electron chi connectivity index (χ1n) is 35.3. The maximum absolute atomic E-state index is 14.6. The molecule has 5 aromatic heterocycles. The van der Waals surface area contributed by atoms with Crippen LogP contribution < -0.4 is 523 Å². The first kappa shape index (κ1) is 131. The molecule has 0 aliphatic heterocycles. The normalized spacial score (nSPS) is 11.2. The molecule has 0 aliphatic carbocycles. The zero-order valence-corrected chi connectivity index (χ0v) is 106. The van der Waals surface area contributed by atoms with Crippen LogP contribution in [0.3, 0.4) is 0 Å². The third-order valence-corrected chi connectivity index (χ3v) is 22.0. The number of H-pyrrole nitrogens is 3. The fourth-order valence-electron chi connectivity index (χ4n) is 11.4. The number of carboxylic acid groups (broad SMARTS) is 8. The summed E-state index contributed by atoms with van der Waals surface area (Å²) in [5.41, 5.74) is -6.25. The Morgan fingerprint density at radius 1 is 0.416 bits per heavy atom. The summed E-state index contributed by atoms with van der Waals surface area (Å²) in [6, 6.07) is 26.5. The molecule has 0 saturated heterocycles. The number of benzene rings is 8. The van der Waals surface area contributed by atoms with Crippen LogP contribution in [0.2, 0.25) is 0 Å². The Hall–Kier alpha value is -1.91. The number of nitrogens with two attached hydrogens (primary N) is 1. The smallest absolute Gasteiger partial charge is 0.744 e. The number of nitrogens with zero attached hydrogens (tertiary/aromatic N) is 14. The van der Waals surface area contributed by atoms with E-state index >= 15 is 0 Å². The Kier molecular flexibility index (Phi) is 52.5. The Balaban J connectivity index is 0.000000682. The Morgan fingerprint density at radius 2 is 0.759 bits per heavy atom. The topological polar surface area (TPSA) is 739 Å². The minimum absolute atomic E-state index is 0. The van der Waals surface area contributed by atoms with Gasteiger partial charge in [0.1, 0.15) is 21.5 Å². The van der Waals surface area contributed by atoms with Crippen molar-refractivity contribution in [2.45, 2.75) is 72.0 Å². The van der Waals surface area contributed by atoms with E-state index in [0.717, 1.165) is 103 Å². The first-order chi connectivity index (χ1) is 59.7. The van der Waals surface area contributed by atoms with E-state index in [0.29, 0.717) is 33.3 Å². The van der Waals surface area contributed by atoms with Crippen LogP contribution in [-0.2, 0) is 51.0 Å². The Labute approximate surface area is 1150 Å². The number of rotatable bonds is 25. The molecule has 61 heteroatoms. The van der Waals surface area contributed by atoms with Gasteiger partial charge in [-0.15, -0.1) is 30.7 Å². The van der Waals surface area contributed by atoms with E-state index in [1.807, 2.05) is 41.5 Å². The molecular weight excluding hydrogens is 2130 g/mol. The second kappa shape index (κ2) is 54.8. The number of sulfonamides is 3. The standard InChI is InChI=1S/C28H25FN8O8S2.C28H24FN7O9S2.C20H11N5O9.9K/c1-28(2,3)23-22(33-32-21-9-8-18(13-20(21)29)46(30,42)43)25-31-24(35-37(25)34-23)14-4-6-17(7-5-14)36-47(44,45)19-11-15(26(38)39)10-16(12-19)27(40)41;1-28(2,3)23-22(32-31-21-9-8-18(13-20(21)29)47(43,44)45)25-30-24(34-36(25)33-23)14-4-6-17(7-5-14)35-46(41,42)19-11-15(26(37)38)10-16(12-19)27(39)40;1-21-15-14(23-22-10-2-3-12(19(31)32)13(7-10)20(33)34)16(26)25(24-15)11-5-8(17(27)28)4-9(6-11)18(29)30;;;;;;;;;/h4-13,34,36H,1-3H3,(H,38,39)(H,40,41)(H2,30,42,43);4-13,33,35H,1-3H3,(H,37,38)(H,39,40)(H,43,44,45);2-7,24H,(H,27,28)(H,29,30)(H,31,32)(H,33,34);;;;;;;;;/q;;;9*+1/p-9. The monoisotopic (exact) mass is 2180 g/mol. The molecule has 0 bridgehead atoms. The van der Waals surface area contributed by atoms with Crippen LogP contribution in [0.25, 0.3) is 44.6 Å². The summed E-state index contributed by atoms with van der Waals surface area (Å²) < 4.78 is 145. The molecule has 5 heterocycles. The van der Waals surface area contributed by atoms with Gasteiger partial charge in [0.25, 0.3) is 25.9 Å². The van der Waals surface area contributed by atoms with Crippen molar-refractivity contribution in [1.82, 2.24) is 49.4 Å². The summed E-state index contributed by atoms with van der Waals surface area (Å²) in [6.07, 6.45) is 0. The van der Waals surface area contributed by atoms with Gasteiger partial charge in [-0.1, -0.05) is 54.2 Å². The van der Waals surface area contributed by atoms with Gasteiger partial charge in [-0.25, -0.2) is 62.7 Å². The van der Waals surface area contributed by atoms with Crippen LogP contribution in [0.15, 0.2) is 213 Å². The predicted molar refractivity (Wildman–Crippen MR) is 416 cm³/mol. The van der Waals surface area contributed by atoms with Crippen molar-refractivity contribution in [2.24, 2.45) is 35.8 Å². The van der Waals surface area contributed by atoms with Crippen molar-refractivity contribution in [3.63, 3.8) is 0 Å². The third-order valence-electron chi connectivity index (χ3n) is 17.5. The SMILES string of the molecule is CC(C)(C)c1[nH]n2nc(-c3ccc(NS(=O)(=O)c4cc(C(=O)[O-])cc(C(=O)[O-])c4)cc3)nc2c1N=Nc1ccc(S(=O)(=O)[O-])cc1F.CC(C)(C)c1[nH]n2nc(-c3ccc(NS(=O)(=O)c4cc(C(=O)[O-])cc(C(=O)[O-])c4)cc3)nc2c1N=Nc1ccc(S(N)(=O)=O)cc1F.[C-]#[N+]c1[nH]n(-c2cc(C(=O)[O-])cc(C(=O)[O-])c2)c(=O)c1N=Nc1ccc(C(=O)[O-])c(C(=O)[O-])c1.[K+].[K+].[K+].[K+].[K+].[K+].[K+].[K+].[K+]. The molecule has 13 aromatic rings. The number of halogens is 2. The summed E-state index contributed by atoms with van der Waals surface area (Å²) in [6.45, 7) is 18.4. The van der Waals surface area contributed by atoms with Crippen molar-refractivity contribution in [3.8, 4) is 28.5 Å². The molecule has 0 unspecified atom stereocenters. The summed E-state index contributed by atoms with van der Waals surface area (Å²) in [7, 11) is -17.9. The first-order valence-corrected chi connectivity index (χ1v) is 41.2. The van der Waals surface area contributed by atoms with E-state index < -0.39 is 192 Å². The molecule has 0 radical (unpaired) electrons. The number of aromatic amines is 3. The molecule has 0 spiro atoms. The molecule has 137 heavy (non-hydrogen) atoms. The Bertz CT molecular complexity index is 7170. The number of aromatic nitrogens is 10. The number of carbonyl (C=O) groups is 8. The number of nitrogens with one attached hydrogen (secondary N) is 5. The Morgan fingerprint density at radius 3 is 1.08 bits per heavy atom. The molecule has 0 fully saturated rings. The summed E-state index contributed by atoms with van der Waals surface area (Å²) in [4.78, 5) is 112. The number of anilines is 2. The number of hydrogen-bond acceptors (Lipinski definition) is 36. The molecule has 0 aliphatic rings. The number of hydrogen-bond donors (Lipinski definition) is 6. The quantitative estimate of drug-likeness (QED) is 0.0134. The van der Waals surface area contributed by atoms with E-state index in [9.17, 15) is 131 Å². The van der Waals surface area contributed by atoms with E-state index in [1.165, 1.54) is 57.8 Å². The molecule has 0 saturated carbocycles. The van der Waals surface area contributed by atoms with E-state index in [-0.39, 0.29) is 531 Å². The van der Waals surface area contributed by atoms with Gasteiger partial charge in [-0.2, -0.15) is 24.2 Å². The molecular formula is C76H51F2K9N20O26S4. The number of carboxylic acids is 8. The van der Waals surface area contributed by atoms with Gasteiger partial charge in [0.2, 0.25) is 21.3 Å². The van der Waals surface area contributed by atoms with E-state index in [4.69, 9.17) is 11.7 Å². The zero-order chi connectivity index (χ0) is 94.1.